The van der Waals surface area contributed by atoms with Crippen molar-refractivity contribution in [2.45, 2.75) is 90.9 Å². The largest absolute Gasteiger partial charge is 0.308 e. The zero-order valence-corrected chi connectivity index (χ0v) is 28.5. The van der Waals surface area contributed by atoms with Crippen LogP contribution in [0, 0.1) is 0 Å². The third kappa shape index (κ3) is 2.77. The molecule has 0 atom stereocenters. The summed E-state index contributed by atoms with van der Waals surface area (Å²) in [6.45, 7) is 23.7. The van der Waals surface area contributed by atoms with Crippen molar-refractivity contribution in [2.75, 3.05) is 0 Å². The van der Waals surface area contributed by atoms with E-state index < -0.39 is 0 Å². The van der Waals surface area contributed by atoms with Gasteiger partial charge in [0.05, 0.1) is 16.7 Å². The van der Waals surface area contributed by atoms with Crippen molar-refractivity contribution in [2.24, 2.45) is 0 Å². The number of aromatic nitrogens is 1. The SMILES string of the molecule is CC.CC1(C)c2ccccc2-c2cc3c4cc5c(c6c4n4c3c(c21)C(C)(C)c1cccc(c1-4)C6(C)C)C(C)(C)c1ccccc1-5. The molecule has 6 aromatic rings. The Bertz CT molecular complexity index is 2170. The first-order chi connectivity index (χ1) is 21.4. The summed E-state index contributed by atoms with van der Waals surface area (Å²) in [4.78, 5) is 0. The lowest BCUT2D eigenvalue weighted by Gasteiger charge is -2.45. The van der Waals surface area contributed by atoms with Gasteiger partial charge in [-0.25, -0.2) is 0 Å². The third-order valence-electron chi connectivity index (χ3n) is 12.2. The first-order valence-corrected chi connectivity index (χ1v) is 17.0. The Kier molecular flexibility index (Phi) is 4.84. The van der Waals surface area contributed by atoms with Gasteiger partial charge in [0.25, 0.3) is 0 Å². The molecule has 5 aromatic carbocycles. The highest BCUT2D eigenvalue weighted by molar-refractivity contribution is 6.18. The lowest BCUT2D eigenvalue weighted by Crippen LogP contribution is -2.36. The fraction of sp³-hybridized carbons (Fsp3) is 0.318. The zero-order chi connectivity index (χ0) is 31.6. The second-order valence-corrected chi connectivity index (χ2v) is 15.8. The Morgan fingerprint density at radius 2 is 0.756 bits per heavy atom. The molecule has 0 amide bonds. The van der Waals surface area contributed by atoms with E-state index in [9.17, 15) is 0 Å². The molecule has 2 aliphatic carbocycles. The number of para-hydroxylation sites is 1. The lowest BCUT2D eigenvalue weighted by atomic mass is 9.64. The molecule has 0 radical (unpaired) electrons. The average Bonchev–Trinajstić information content (AvgIpc) is 3.56. The van der Waals surface area contributed by atoms with Gasteiger partial charge in [0, 0.05) is 32.4 Å². The van der Waals surface area contributed by atoms with Crippen molar-refractivity contribution in [1.29, 1.82) is 0 Å². The Morgan fingerprint density at radius 3 is 1.18 bits per heavy atom. The quantitative estimate of drug-likeness (QED) is 0.167. The topological polar surface area (TPSA) is 4.93 Å². The van der Waals surface area contributed by atoms with Crippen molar-refractivity contribution in [3.8, 4) is 27.9 Å². The molecule has 0 N–H and O–H groups in total. The van der Waals surface area contributed by atoms with Crippen molar-refractivity contribution in [3.63, 3.8) is 0 Å². The molecule has 0 saturated heterocycles. The van der Waals surface area contributed by atoms with Crippen LogP contribution in [-0.4, -0.2) is 4.57 Å². The molecule has 0 saturated carbocycles. The van der Waals surface area contributed by atoms with Gasteiger partial charge in [0.1, 0.15) is 0 Å². The smallest absolute Gasteiger partial charge is 0.0585 e. The minimum atomic E-state index is -0.138. The maximum atomic E-state index is 2.73. The van der Waals surface area contributed by atoms with Gasteiger partial charge in [-0.1, -0.05) is 136 Å². The van der Waals surface area contributed by atoms with Crippen LogP contribution in [0.2, 0.25) is 0 Å². The number of hydrogen-bond acceptors (Lipinski definition) is 0. The minimum Gasteiger partial charge on any atom is -0.308 e. The number of nitrogens with zero attached hydrogens (tertiary/aromatic N) is 1. The summed E-state index contributed by atoms with van der Waals surface area (Å²) in [6.07, 6.45) is 0. The molecule has 1 heteroatoms. The summed E-state index contributed by atoms with van der Waals surface area (Å²) in [5.74, 6) is 0. The average molecular weight is 586 g/mol. The van der Waals surface area contributed by atoms with Crippen LogP contribution < -0.4 is 0 Å². The fourth-order valence-corrected chi connectivity index (χ4v) is 10.4. The fourth-order valence-electron chi connectivity index (χ4n) is 10.4. The van der Waals surface area contributed by atoms with Crippen molar-refractivity contribution >= 4 is 21.8 Å². The monoisotopic (exact) mass is 585 g/mol. The van der Waals surface area contributed by atoms with E-state index in [2.05, 4.69) is 139 Å². The minimum absolute atomic E-state index is 0.0714. The van der Waals surface area contributed by atoms with Crippen LogP contribution in [0.25, 0.3) is 49.7 Å². The molecule has 1 nitrogen and oxygen atoms in total. The van der Waals surface area contributed by atoms with Crippen LogP contribution in [0.15, 0.2) is 78.9 Å². The molecule has 2 aliphatic heterocycles. The summed E-state index contributed by atoms with van der Waals surface area (Å²) in [6, 6.07) is 30.6. The third-order valence-corrected chi connectivity index (χ3v) is 12.2. The van der Waals surface area contributed by atoms with E-state index in [1.165, 1.54) is 94.3 Å². The second-order valence-electron chi connectivity index (χ2n) is 15.8. The predicted molar refractivity (Wildman–Crippen MR) is 192 cm³/mol. The molecule has 3 heterocycles. The van der Waals surface area contributed by atoms with Gasteiger partial charge in [0.15, 0.2) is 0 Å². The van der Waals surface area contributed by atoms with Crippen LogP contribution in [0.3, 0.4) is 0 Å². The van der Waals surface area contributed by atoms with Gasteiger partial charge < -0.3 is 4.57 Å². The Balaban J connectivity index is 0.00000138. The van der Waals surface area contributed by atoms with Gasteiger partial charge in [-0.15, -0.1) is 0 Å². The number of fused-ring (bicyclic) bond motifs is 9. The predicted octanol–water partition coefficient (Wildman–Crippen LogP) is 11.7. The highest BCUT2D eigenvalue weighted by Gasteiger charge is 2.51. The normalized spacial score (nSPS) is 18.7. The molecule has 224 valence electrons. The summed E-state index contributed by atoms with van der Waals surface area (Å²) < 4.78 is 2.73. The van der Waals surface area contributed by atoms with Crippen molar-refractivity contribution in [3.05, 3.63) is 123 Å². The van der Waals surface area contributed by atoms with E-state index in [4.69, 9.17) is 0 Å². The van der Waals surface area contributed by atoms with Gasteiger partial charge >= 0.3 is 0 Å². The van der Waals surface area contributed by atoms with E-state index in [0.29, 0.717) is 0 Å². The Morgan fingerprint density at radius 1 is 0.400 bits per heavy atom. The molecular weight excluding hydrogens is 542 g/mol. The van der Waals surface area contributed by atoms with E-state index in [0.717, 1.165) is 0 Å². The first kappa shape index (κ1) is 27.2. The van der Waals surface area contributed by atoms with E-state index >= 15 is 0 Å². The summed E-state index contributed by atoms with van der Waals surface area (Å²) >= 11 is 0. The summed E-state index contributed by atoms with van der Waals surface area (Å²) in [7, 11) is 0. The summed E-state index contributed by atoms with van der Waals surface area (Å²) in [5, 5.41) is 2.82. The van der Waals surface area contributed by atoms with Crippen LogP contribution in [-0.2, 0) is 21.7 Å². The summed E-state index contributed by atoms with van der Waals surface area (Å²) in [5.41, 5.74) is 21.4. The Labute approximate surface area is 267 Å². The van der Waals surface area contributed by atoms with Gasteiger partial charge in [0.2, 0.25) is 0 Å². The van der Waals surface area contributed by atoms with Crippen LogP contribution in [0.1, 0.15) is 114 Å². The molecule has 0 unspecified atom stereocenters. The van der Waals surface area contributed by atoms with E-state index in [1.807, 2.05) is 13.8 Å². The van der Waals surface area contributed by atoms with E-state index in [1.54, 1.807) is 0 Å². The van der Waals surface area contributed by atoms with Crippen molar-refractivity contribution in [1.82, 2.24) is 4.57 Å². The number of benzene rings is 5. The maximum absolute atomic E-state index is 2.73. The highest BCUT2D eigenvalue weighted by Crippen LogP contribution is 2.64. The Hall–Kier alpha value is -4.10. The van der Waals surface area contributed by atoms with E-state index in [-0.39, 0.29) is 21.7 Å². The second kappa shape index (κ2) is 8.00. The molecule has 45 heavy (non-hydrogen) atoms. The van der Waals surface area contributed by atoms with Crippen LogP contribution in [0.5, 0.6) is 0 Å². The molecule has 0 bridgehead atoms. The van der Waals surface area contributed by atoms with Gasteiger partial charge in [-0.3, -0.25) is 0 Å². The zero-order valence-electron chi connectivity index (χ0n) is 28.5. The first-order valence-electron chi connectivity index (χ1n) is 17.0. The molecule has 4 aliphatic rings. The molecular formula is C44H43N. The molecule has 1 aromatic heterocycles. The number of hydrogen-bond donors (Lipinski definition) is 0. The standard InChI is InChI=1S/C42H37N.C2H6/c1-39(2)28-16-11-9-14-22(28)24-20-26-27-21-25-23-15-10-12-17-29(23)40(3,4)33(25)35-37(27)43-36(26)34(32(24)39)41(5,6)30-18-13-19-31(38(30)43)42(35,7)8;1-2/h9-21H,1-8H3;1-2H3. The molecule has 0 spiro atoms. The maximum Gasteiger partial charge on any atom is 0.0585 e. The number of rotatable bonds is 0. The van der Waals surface area contributed by atoms with Crippen LogP contribution >= 0.6 is 0 Å². The molecule has 10 rings (SSSR count). The van der Waals surface area contributed by atoms with Crippen LogP contribution in [0.4, 0.5) is 0 Å². The van der Waals surface area contributed by atoms with Gasteiger partial charge in [-0.2, -0.15) is 0 Å². The lowest BCUT2D eigenvalue weighted by molar-refractivity contribution is 0.559. The van der Waals surface area contributed by atoms with Crippen molar-refractivity contribution < 1.29 is 0 Å². The molecule has 0 fully saturated rings. The van der Waals surface area contributed by atoms with Gasteiger partial charge in [-0.05, 0) is 78.9 Å². The highest BCUT2D eigenvalue weighted by atomic mass is 15.0.